The fourth-order valence-electron chi connectivity index (χ4n) is 1.10. The molecule has 1 rings (SSSR count). The highest BCUT2D eigenvalue weighted by molar-refractivity contribution is 6.37. The molecule has 0 atom stereocenters. The molecular weight excluding hydrogens is 275 g/mol. The van der Waals surface area contributed by atoms with Gasteiger partial charge in [0, 0.05) is 0 Å². The van der Waals surface area contributed by atoms with Crippen LogP contribution in [0.1, 0.15) is 5.56 Å². The molecule has 0 spiro atoms. The highest BCUT2D eigenvalue weighted by atomic mass is 35.5. The molecule has 0 saturated heterocycles. The van der Waals surface area contributed by atoms with Gasteiger partial charge in [0.2, 0.25) is 5.96 Å². The van der Waals surface area contributed by atoms with Gasteiger partial charge in [0.25, 0.3) is 0 Å². The zero-order chi connectivity index (χ0) is 13.5. The topological polar surface area (TPSA) is 86.0 Å². The van der Waals surface area contributed by atoms with Gasteiger partial charge in [0.15, 0.2) is 5.75 Å². The smallest absolute Gasteiger partial charge is 0.211 e. The Balaban J connectivity index is 2.95. The van der Waals surface area contributed by atoms with Gasteiger partial charge in [-0.05, 0) is 17.7 Å². The molecule has 18 heavy (non-hydrogen) atoms. The maximum atomic E-state index is 6.02. The van der Waals surface area contributed by atoms with Crippen LogP contribution < -0.4 is 16.2 Å². The van der Waals surface area contributed by atoms with Crippen molar-refractivity contribution in [3.05, 3.63) is 40.4 Å². The number of benzene rings is 1. The molecule has 1 aromatic rings. The number of guanidine groups is 1. The van der Waals surface area contributed by atoms with E-state index in [0.29, 0.717) is 28.0 Å². The van der Waals surface area contributed by atoms with Crippen LogP contribution in [-0.2, 0) is 0 Å². The van der Waals surface area contributed by atoms with Gasteiger partial charge in [-0.1, -0.05) is 35.9 Å². The summed E-state index contributed by atoms with van der Waals surface area (Å²) < 4.78 is 5.32. The van der Waals surface area contributed by atoms with Gasteiger partial charge in [-0.2, -0.15) is 5.10 Å². The lowest BCUT2D eigenvalue weighted by Gasteiger charge is -2.08. The van der Waals surface area contributed by atoms with Gasteiger partial charge in [0.1, 0.15) is 6.61 Å². The van der Waals surface area contributed by atoms with Gasteiger partial charge < -0.3 is 16.2 Å². The van der Waals surface area contributed by atoms with E-state index >= 15 is 0 Å². The van der Waals surface area contributed by atoms with E-state index in [1.54, 1.807) is 18.2 Å². The number of nitrogens with zero attached hydrogens (tertiary/aromatic N) is 2. The molecule has 7 heteroatoms. The first kappa shape index (κ1) is 14.3. The van der Waals surface area contributed by atoms with Crippen molar-refractivity contribution in [2.45, 2.75) is 0 Å². The van der Waals surface area contributed by atoms with Crippen molar-refractivity contribution in [2.24, 2.45) is 21.7 Å². The van der Waals surface area contributed by atoms with Crippen molar-refractivity contribution in [3.8, 4) is 5.75 Å². The second-order valence-electron chi connectivity index (χ2n) is 3.18. The summed E-state index contributed by atoms with van der Waals surface area (Å²) in [4.78, 5) is 0. The highest BCUT2D eigenvalue weighted by Gasteiger charge is 2.08. The first-order valence-corrected chi connectivity index (χ1v) is 5.65. The maximum Gasteiger partial charge on any atom is 0.211 e. The Morgan fingerprint density at radius 3 is 2.44 bits per heavy atom. The van der Waals surface area contributed by atoms with Crippen LogP contribution in [0.4, 0.5) is 0 Å². The Labute approximate surface area is 115 Å². The highest BCUT2D eigenvalue weighted by Crippen LogP contribution is 2.33. The molecule has 0 heterocycles. The lowest BCUT2D eigenvalue weighted by Crippen LogP contribution is -2.21. The average molecular weight is 287 g/mol. The van der Waals surface area contributed by atoms with Gasteiger partial charge >= 0.3 is 0 Å². The van der Waals surface area contributed by atoms with E-state index in [9.17, 15) is 0 Å². The molecule has 0 saturated carbocycles. The minimum absolute atomic E-state index is 0.130. The fraction of sp³-hybridized carbons (Fsp3) is 0.0909. The summed E-state index contributed by atoms with van der Waals surface area (Å²) >= 11 is 12.0. The molecule has 0 aliphatic heterocycles. The van der Waals surface area contributed by atoms with Crippen LogP contribution in [0.5, 0.6) is 5.75 Å². The summed E-state index contributed by atoms with van der Waals surface area (Å²) in [6.45, 7) is 3.86. The summed E-state index contributed by atoms with van der Waals surface area (Å²) in [6.07, 6.45) is 3.02. The number of rotatable bonds is 5. The van der Waals surface area contributed by atoms with Crippen LogP contribution in [0.25, 0.3) is 0 Å². The maximum absolute atomic E-state index is 6.02. The zero-order valence-corrected chi connectivity index (χ0v) is 10.9. The van der Waals surface area contributed by atoms with Crippen molar-refractivity contribution < 1.29 is 4.74 Å². The molecule has 0 radical (unpaired) electrons. The van der Waals surface area contributed by atoms with Gasteiger partial charge in [-0.25, -0.2) is 0 Å². The van der Waals surface area contributed by atoms with Crippen molar-refractivity contribution in [2.75, 3.05) is 6.61 Å². The standard InChI is InChI=1S/C11H12Cl2N4O/c1-2-3-18-10-8(12)4-7(5-9(10)13)6-16-17-11(14)15/h2,4-6H,1,3H2,(H4,14,15,17). The van der Waals surface area contributed by atoms with Crippen LogP contribution >= 0.6 is 23.2 Å². The van der Waals surface area contributed by atoms with E-state index < -0.39 is 0 Å². The number of ether oxygens (including phenoxy) is 1. The zero-order valence-electron chi connectivity index (χ0n) is 9.44. The van der Waals surface area contributed by atoms with E-state index in [2.05, 4.69) is 16.8 Å². The average Bonchev–Trinajstić information content (AvgIpc) is 2.27. The minimum atomic E-state index is -0.130. The van der Waals surface area contributed by atoms with E-state index in [4.69, 9.17) is 39.4 Å². The van der Waals surface area contributed by atoms with Crippen molar-refractivity contribution in [1.82, 2.24) is 0 Å². The predicted molar refractivity (Wildman–Crippen MR) is 75.6 cm³/mol. The normalized spacial score (nSPS) is 10.3. The molecule has 0 fully saturated rings. The van der Waals surface area contributed by atoms with Crippen molar-refractivity contribution >= 4 is 35.4 Å². The summed E-state index contributed by atoms with van der Waals surface area (Å²) in [6, 6.07) is 3.27. The second-order valence-corrected chi connectivity index (χ2v) is 4.00. The molecule has 0 unspecified atom stereocenters. The summed E-state index contributed by atoms with van der Waals surface area (Å²) in [5.74, 6) is 0.270. The van der Waals surface area contributed by atoms with Crippen molar-refractivity contribution in [1.29, 1.82) is 0 Å². The molecular formula is C11H12Cl2N4O. The third kappa shape index (κ3) is 4.27. The second kappa shape index (κ2) is 6.88. The Morgan fingerprint density at radius 2 is 1.94 bits per heavy atom. The van der Waals surface area contributed by atoms with Gasteiger partial charge in [-0.15, -0.1) is 5.10 Å². The number of halogens is 2. The molecule has 0 amide bonds. The molecule has 96 valence electrons. The molecule has 4 N–H and O–H groups in total. The van der Waals surface area contributed by atoms with Crippen LogP contribution in [0.15, 0.2) is 35.0 Å². The lowest BCUT2D eigenvalue weighted by atomic mass is 10.2. The van der Waals surface area contributed by atoms with E-state index in [1.807, 2.05) is 0 Å². The fourth-order valence-corrected chi connectivity index (χ4v) is 1.71. The Kier molecular flexibility index (Phi) is 5.48. The monoisotopic (exact) mass is 286 g/mol. The number of nitrogens with two attached hydrogens (primary N) is 2. The van der Waals surface area contributed by atoms with E-state index in [-0.39, 0.29) is 5.96 Å². The number of hydrogen-bond acceptors (Lipinski definition) is 3. The third-order valence-corrected chi connectivity index (χ3v) is 2.31. The van der Waals surface area contributed by atoms with Crippen LogP contribution in [0.2, 0.25) is 10.0 Å². The van der Waals surface area contributed by atoms with Crippen LogP contribution in [-0.4, -0.2) is 18.8 Å². The minimum Gasteiger partial charge on any atom is -0.486 e. The molecule has 0 bridgehead atoms. The largest absolute Gasteiger partial charge is 0.486 e. The van der Waals surface area contributed by atoms with Crippen molar-refractivity contribution in [3.63, 3.8) is 0 Å². The van der Waals surface area contributed by atoms with E-state index in [0.717, 1.165) is 0 Å². The molecule has 0 aliphatic carbocycles. The first-order valence-electron chi connectivity index (χ1n) is 4.89. The quantitative estimate of drug-likeness (QED) is 0.376. The molecule has 0 aliphatic rings. The molecule has 5 nitrogen and oxygen atoms in total. The van der Waals surface area contributed by atoms with Crippen LogP contribution in [0, 0.1) is 0 Å². The number of hydrogen-bond donors (Lipinski definition) is 2. The van der Waals surface area contributed by atoms with E-state index in [1.165, 1.54) is 6.21 Å². The van der Waals surface area contributed by atoms with Gasteiger partial charge in [-0.3, -0.25) is 0 Å². The Hall–Kier alpha value is -1.72. The van der Waals surface area contributed by atoms with Crippen LogP contribution in [0.3, 0.4) is 0 Å². The SMILES string of the molecule is C=CCOc1c(Cl)cc(C=NN=C(N)N)cc1Cl. The predicted octanol–water partition coefficient (Wildman–Crippen LogP) is 2.17. The first-order chi connectivity index (χ1) is 8.54. The summed E-state index contributed by atoms with van der Waals surface area (Å²) in [7, 11) is 0. The summed E-state index contributed by atoms with van der Waals surface area (Å²) in [5.41, 5.74) is 10.9. The third-order valence-electron chi connectivity index (χ3n) is 1.75. The molecule has 1 aromatic carbocycles. The lowest BCUT2D eigenvalue weighted by molar-refractivity contribution is 0.363. The summed E-state index contributed by atoms with van der Waals surface area (Å²) in [5, 5.41) is 7.86. The Bertz CT molecular complexity index is 473. The molecule has 0 aromatic heterocycles. The van der Waals surface area contributed by atoms with Gasteiger partial charge in [0.05, 0.1) is 16.3 Å². The Morgan fingerprint density at radius 1 is 1.33 bits per heavy atom.